The van der Waals surface area contributed by atoms with Gasteiger partial charge in [0, 0.05) is 22.7 Å². The van der Waals surface area contributed by atoms with E-state index in [9.17, 15) is 35.7 Å². The number of nitrogens with zero attached hydrogens (tertiary/aromatic N) is 2. The molecular weight excluding hydrogens is 893 g/mol. The molecule has 10 aromatic carbocycles. The molecule has 0 spiro atoms. The normalized spacial score (nSPS) is 11.1. The Morgan fingerprint density at radius 3 is 0.861 bits per heavy atom. The van der Waals surface area contributed by atoms with Gasteiger partial charge in [-0.2, -0.15) is 0 Å². The lowest BCUT2D eigenvalue weighted by Crippen LogP contribution is -2.23. The minimum Gasteiger partial charge on any atom is -0.506 e. The minimum atomic E-state index is -0.729. The lowest BCUT2D eigenvalue weighted by molar-refractivity contribution is 0.365. The van der Waals surface area contributed by atoms with Crippen molar-refractivity contribution in [3.63, 3.8) is 0 Å². The van der Waals surface area contributed by atoms with E-state index < -0.39 is 17.2 Å². The molecule has 12 heteroatoms. The first-order chi connectivity index (χ1) is 34.9. The number of hydrogen-bond acceptors (Lipinski definition) is 9. The van der Waals surface area contributed by atoms with E-state index in [0.717, 1.165) is 67.0 Å². The van der Waals surface area contributed by atoms with Gasteiger partial charge in [0.1, 0.15) is 40.7 Å². The second-order valence-corrected chi connectivity index (χ2v) is 17.8. The van der Waals surface area contributed by atoms with E-state index in [1.54, 1.807) is 20.6 Å². The Morgan fingerprint density at radius 2 is 0.486 bits per heavy atom. The van der Waals surface area contributed by atoms with Crippen molar-refractivity contribution >= 4 is 74.1 Å². The maximum absolute atomic E-state index is 11.5. The quantitative estimate of drug-likeness (QED) is 0.0383. The standard InChI is InChI=1S/C60H47B3N2O7/c61-49-52(54(66)50(62)57(69)56(49)68)64(45-25-17-37(18-26-45)35-9-3-1-4-10-35)46-29-21-39(22-30-46)41-13-7-15-43(33-41)44-16-8-14-42(34-44)40-23-31-48(32-24-40)65(53-55(67)51(63)58(70)60(72)59(53)71)47-27-19-38(20-28-47)36-11-5-2-6-12-36/h1-34,66-72H,61-63H2. The molecule has 0 heterocycles. The van der Waals surface area contributed by atoms with Crippen LogP contribution < -0.4 is 26.2 Å². The molecule has 0 bridgehead atoms. The van der Waals surface area contributed by atoms with E-state index in [4.69, 9.17) is 0 Å². The second-order valence-electron chi connectivity index (χ2n) is 17.8. The topological polar surface area (TPSA) is 148 Å². The maximum Gasteiger partial charge on any atom is 0.202 e. The Morgan fingerprint density at radius 1 is 0.222 bits per heavy atom. The fourth-order valence-electron chi connectivity index (χ4n) is 9.27. The number of rotatable bonds is 11. The van der Waals surface area contributed by atoms with Crippen molar-refractivity contribution in [3.8, 4) is 95.9 Å². The molecule has 0 aliphatic rings. The van der Waals surface area contributed by atoms with E-state index in [0.29, 0.717) is 22.5 Å². The van der Waals surface area contributed by atoms with Crippen molar-refractivity contribution in [1.82, 2.24) is 0 Å². The molecule has 10 rings (SSSR count). The van der Waals surface area contributed by atoms with Crippen LogP contribution in [0.15, 0.2) is 206 Å². The van der Waals surface area contributed by atoms with Crippen LogP contribution in [0.2, 0.25) is 0 Å². The molecule has 0 saturated heterocycles. The summed E-state index contributed by atoms with van der Waals surface area (Å²) in [5.41, 5.74) is 13.4. The monoisotopic (exact) mass is 940 g/mol. The maximum atomic E-state index is 11.5. The summed E-state index contributed by atoms with van der Waals surface area (Å²) in [6.45, 7) is 0. The van der Waals surface area contributed by atoms with Crippen LogP contribution in [0.1, 0.15) is 0 Å². The Kier molecular flexibility index (Phi) is 12.3. The van der Waals surface area contributed by atoms with Crippen molar-refractivity contribution < 1.29 is 35.7 Å². The van der Waals surface area contributed by atoms with E-state index in [2.05, 4.69) is 30.3 Å². The Balaban J connectivity index is 0.956. The summed E-state index contributed by atoms with van der Waals surface area (Å²) < 4.78 is 0. The van der Waals surface area contributed by atoms with Crippen LogP contribution in [0.25, 0.3) is 55.6 Å². The molecule has 0 amide bonds. The van der Waals surface area contributed by atoms with Gasteiger partial charge in [-0.3, -0.25) is 0 Å². The molecule has 0 saturated carbocycles. The molecule has 9 nitrogen and oxygen atoms in total. The fraction of sp³-hybridized carbons (Fsp3) is 0. The summed E-state index contributed by atoms with van der Waals surface area (Å²) in [4.78, 5) is 3.53. The number of phenols is 7. The summed E-state index contributed by atoms with van der Waals surface area (Å²) in [7, 11) is 4.71. The predicted octanol–water partition coefficient (Wildman–Crippen LogP) is 9.68. The highest BCUT2D eigenvalue weighted by Crippen LogP contribution is 2.51. The van der Waals surface area contributed by atoms with Crippen LogP contribution in [0.3, 0.4) is 0 Å². The van der Waals surface area contributed by atoms with Gasteiger partial charge >= 0.3 is 0 Å². The number of hydrogen-bond donors (Lipinski definition) is 7. The van der Waals surface area contributed by atoms with E-state index in [-0.39, 0.29) is 39.6 Å². The first kappa shape index (κ1) is 46.3. The molecule has 10 aromatic rings. The van der Waals surface area contributed by atoms with E-state index >= 15 is 0 Å². The van der Waals surface area contributed by atoms with Crippen LogP contribution in [0, 0.1) is 0 Å². The Labute approximate surface area is 419 Å². The van der Waals surface area contributed by atoms with Crippen LogP contribution in [-0.4, -0.2) is 59.3 Å². The first-order valence-electron chi connectivity index (χ1n) is 23.4. The summed E-state index contributed by atoms with van der Waals surface area (Å²) in [6.07, 6.45) is 0. The van der Waals surface area contributed by atoms with Crippen molar-refractivity contribution in [2.24, 2.45) is 0 Å². The summed E-state index contributed by atoms with van der Waals surface area (Å²) in [6, 6.07) is 67.9. The number of aromatic hydroxyl groups is 7. The van der Waals surface area contributed by atoms with Gasteiger partial charge in [-0.25, -0.2) is 0 Å². The summed E-state index contributed by atoms with van der Waals surface area (Å²) >= 11 is 0. The number of benzene rings is 10. The molecule has 0 aliphatic carbocycles. The van der Waals surface area contributed by atoms with Gasteiger partial charge in [0.25, 0.3) is 0 Å². The van der Waals surface area contributed by atoms with Gasteiger partial charge in [0.2, 0.25) is 5.75 Å². The third-order valence-electron chi connectivity index (χ3n) is 13.4. The largest absolute Gasteiger partial charge is 0.506 e. The second kappa shape index (κ2) is 19.2. The molecule has 0 aliphatic heterocycles. The predicted molar refractivity (Wildman–Crippen MR) is 299 cm³/mol. The Hall–Kier alpha value is -9.41. The highest BCUT2D eigenvalue weighted by Gasteiger charge is 2.28. The van der Waals surface area contributed by atoms with Gasteiger partial charge in [-0.05, 0) is 133 Å². The molecule has 0 atom stereocenters. The Bertz CT molecular complexity index is 3320. The summed E-state index contributed by atoms with van der Waals surface area (Å²) in [5, 5.41) is 77.0. The zero-order valence-electron chi connectivity index (χ0n) is 39.7. The average molecular weight is 940 g/mol. The molecule has 72 heavy (non-hydrogen) atoms. The third kappa shape index (κ3) is 8.56. The SMILES string of the molecule is Bc1c(O)c(O)c(B)c(N(c2ccc(-c3ccccc3)cc2)c2ccc(-c3cccc(-c4cccc(-c5ccc(N(c6ccc(-c7ccccc7)cc6)c6c(O)c(B)c(O)c(O)c6O)cc5)c4)c3)cc2)c1O. The van der Waals surface area contributed by atoms with Crippen molar-refractivity contribution in [2.75, 3.05) is 9.80 Å². The molecule has 0 unspecified atom stereocenters. The van der Waals surface area contributed by atoms with Crippen LogP contribution >= 0.6 is 0 Å². The smallest absolute Gasteiger partial charge is 0.202 e. The highest BCUT2D eigenvalue weighted by molar-refractivity contribution is 6.44. The van der Waals surface area contributed by atoms with Crippen LogP contribution in [0.4, 0.5) is 34.1 Å². The molecule has 348 valence electrons. The first-order valence-corrected chi connectivity index (χ1v) is 23.4. The molecule has 7 N–H and O–H groups in total. The lowest BCUT2D eigenvalue weighted by Gasteiger charge is -2.29. The molecular formula is C60H47B3N2O7. The summed E-state index contributed by atoms with van der Waals surface area (Å²) in [5.74, 6) is -3.16. The number of phenolic OH excluding ortho intramolecular Hbond substituents is 7. The highest BCUT2D eigenvalue weighted by atomic mass is 16.3. The van der Waals surface area contributed by atoms with Crippen molar-refractivity contribution in [3.05, 3.63) is 206 Å². The lowest BCUT2D eigenvalue weighted by atomic mass is 9.83. The van der Waals surface area contributed by atoms with E-state index in [1.165, 1.54) is 7.85 Å². The van der Waals surface area contributed by atoms with Crippen molar-refractivity contribution in [2.45, 2.75) is 0 Å². The molecule has 0 aromatic heterocycles. The fourth-order valence-corrected chi connectivity index (χ4v) is 9.27. The molecule has 0 fully saturated rings. The van der Waals surface area contributed by atoms with Gasteiger partial charge < -0.3 is 45.5 Å². The minimum absolute atomic E-state index is 0.0205. The number of anilines is 6. The van der Waals surface area contributed by atoms with Gasteiger partial charge in [0.05, 0.1) is 5.69 Å². The van der Waals surface area contributed by atoms with Crippen LogP contribution in [-0.2, 0) is 0 Å². The third-order valence-corrected chi connectivity index (χ3v) is 13.4. The van der Waals surface area contributed by atoms with E-state index in [1.807, 2.05) is 181 Å². The van der Waals surface area contributed by atoms with Gasteiger partial charge in [-0.1, -0.05) is 146 Å². The zero-order chi connectivity index (χ0) is 50.2. The van der Waals surface area contributed by atoms with Crippen molar-refractivity contribution in [1.29, 1.82) is 0 Å². The van der Waals surface area contributed by atoms with Gasteiger partial charge in [-0.15, -0.1) is 0 Å². The van der Waals surface area contributed by atoms with Crippen LogP contribution in [0.5, 0.6) is 40.2 Å². The zero-order valence-corrected chi connectivity index (χ0v) is 39.7. The average Bonchev–Trinajstić information content (AvgIpc) is 3.44. The van der Waals surface area contributed by atoms with Gasteiger partial charge in [0.15, 0.2) is 23.0 Å². The molecule has 0 radical (unpaired) electrons.